The average molecular weight is 1050 g/mol. The van der Waals surface area contributed by atoms with Crippen molar-refractivity contribution < 1.29 is 26.5 Å². The number of hydrogen-bond donors (Lipinski definition) is 0. The monoisotopic (exact) mass is 1050 g/mol. The molecule has 6 heterocycles. The van der Waals surface area contributed by atoms with Crippen molar-refractivity contribution in [3.63, 3.8) is 0 Å². The minimum Gasteiger partial charge on any atom is -0.456 e. The predicted octanol–water partition coefficient (Wildman–Crippen LogP) is 22.3. The summed E-state index contributed by atoms with van der Waals surface area (Å²) in [5.74, 6) is 0. The van der Waals surface area contributed by atoms with Crippen molar-refractivity contribution in [2.24, 2.45) is 0 Å². The van der Waals surface area contributed by atoms with E-state index in [9.17, 15) is 0 Å². The summed E-state index contributed by atoms with van der Waals surface area (Å²) in [5.41, 5.74) is 16.1. The number of rotatable bonds is 6. The molecule has 8 nitrogen and oxygen atoms in total. The van der Waals surface area contributed by atoms with E-state index >= 15 is 0 Å². The quantitative estimate of drug-likeness (QED) is 0.163. The van der Waals surface area contributed by atoms with Gasteiger partial charge in [-0.3, -0.25) is 0 Å². The van der Waals surface area contributed by atoms with E-state index in [0.29, 0.717) is 0 Å². The van der Waals surface area contributed by atoms with Crippen LogP contribution in [0.15, 0.2) is 269 Å². The van der Waals surface area contributed by atoms with E-state index in [2.05, 4.69) is 204 Å². The molecule has 8 heteroatoms. The third-order valence-corrected chi connectivity index (χ3v) is 17.0. The van der Waals surface area contributed by atoms with Crippen molar-refractivity contribution in [3.8, 4) is 0 Å². The fraction of sp³-hybridized carbons (Fsp3) is 0. The van der Waals surface area contributed by atoms with Crippen LogP contribution in [0.1, 0.15) is 0 Å². The lowest BCUT2D eigenvalue weighted by Crippen LogP contribution is -2.09. The van der Waals surface area contributed by atoms with E-state index in [1.165, 1.54) is 0 Å². The zero-order valence-corrected chi connectivity index (χ0v) is 43.4. The van der Waals surface area contributed by atoms with Gasteiger partial charge in [-0.1, -0.05) is 84.9 Å². The Hall–Kier alpha value is -11.2. The van der Waals surface area contributed by atoms with Crippen molar-refractivity contribution in [2.75, 3.05) is 9.80 Å². The van der Waals surface area contributed by atoms with Gasteiger partial charge >= 0.3 is 0 Å². The Balaban J connectivity index is 0.725. The summed E-state index contributed by atoms with van der Waals surface area (Å²) in [6.07, 6.45) is 0. The van der Waals surface area contributed by atoms with Gasteiger partial charge in [-0.05, 0) is 162 Å². The van der Waals surface area contributed by atoms with E-state index < -0.39 is 0 Å². The largest absolute Gasteiger partial charge is 0.456 e. The lowest BCUT2D eigenvalue weighted by atomic mass is 10.0. The molecule has 0 aliphatic carbocycles. The number of anilines is 6. The number of para-hydroxylation sites is 4. The Morgan fingerprint density at radius 2 is 0.451 bits per heavy atom. The third kappa shape index (κ3) is 6.25. The number of fused-ring (bicyclic) bond motifs is 22. The van der Waals surface area contributed by atoms with Crippen LogP contribution < -0.4 is 9.80 Å². The van der Waals surface area contributed by atoms with Crippen molar-refractivity contribution >= 4 is 187 Å². The van der Waals surface area contributed by atoms with Crippen LogP contribution in [0.5, 0.6) is 0 Å². The van der Waals surface area contributed by atoms with Gasteiger partial charge in [-0.2, -0.15) is 0 Å². The van der Waals surface area contributed by atoms with Crippen LogP contribution in [0, 0.1) is 0 Å². The topological polar surface area (TPSA) is 85.3 Å². The highest BCUT2D eigenvalue weighted by Gasteiger charge is 2.23. The molecule has 0 N–H and O–H groups in total. The van der Waals surface area contributed by atoms with Gasteiger partial charge < -0.3 is 36.3 Å². The van der Waals surface area contributed by atoms with E-state index in [1.807, 2.05) is 48.5 Å². The molecular weight excluding hydrogens is 1010 g/mol. The number of furan rings is 6. The molecule has 0 bridgehead atoms. The molecule has 0 saturated carbocycles. The minimum absolute atomic E-state index is 0.771. The first kappa shape index (κ1) is 43.7. The standard InChI is InChI=1S/C74H40N2O6/c1-5-13-63-51(9-1)57-35-45(21-29-67(57)77-63)75(46-22-30-68-58(36-46)52-10-2-6-14-64(52)78-68)43-19-27-49-41(33-43)17-25-55-61-39-62-56-26-18-42-34-44(20-28-50(42)74(56)82-72(62)40-71(61)81-73(49)55)76(47-23-31-69-59(37-47)53-11-3-7-15-65(53)79-69)48-24-32-70-60(38-48)54-12-4-8-16-66(54)80-70/h1-40H. The van der Waals surface area contributed by atoms with Crippen LogP contribution in [0.25, 0.3) is 153 Å². The molecule has 82 heavy (non-hydrogen) atoms. The van der Waals surface area contributed by atoms with Crippen LogP contribution in [-0.4, -0.2) is 0 Å². The Morgan fingerprint density at radius 3 is 0.805 bits per heavy atom. The molecule has 0 atom stereocenters. The van der Waals surface area contributed by atoms with Crippen LogP contribution in [-0.2, 0) is 0 Å². The first-order valence-corrected chi connectivity index (χ1v) is 27.5. The highest BCUT2D eigenvalue weighted by atomic mass is 16.4. The zero-order chi connectivity index (χ0) is 53.3. The molecule has 0 radical (unpaired) electrons. The number of benzene rings is 13. The van der Waals surface area contributed by atoms with Crippen LogP contribution >= 0.6 is 0 Å². The van der Waals surface area contributed by atoms with Crippen molar-refractivity contribution in [1.29, 1.82) is 0 Å². The smallest absolute Gasteiger partial charge is 0.143 e. The SMILES string of the molecule is c1ccc2c(c1)oc1ccc(N(c3ccc4c(ccc5c6cc7c(cc6oc45)oc4c5ccc(N(c6ccc8oc9ccccc9c8c6)c6ccc8oc9ccccc9c8c6)cc5ccc74)c3)c3ccc4oc5ccccc5c4c3)cc12. The fourth-order valence-electron chi connectivity index (χ4n) is 13.2. The molecule has 0 saturated heterocycles. The maximum Gasteiger partial charge on any atom is 0.143 e. The second kappa shape index (κ2) is 16.2. The molecule has 19 rings (SSSR count). The number of nitrogens with zero attached hydrogens (tertiary/aromatic N) is 2. The predicted molar refractivity (Wildman–Crippen MR) is 334 cm³/mol. The Morgan fingerprint density at radius 1 is 0.171 bits per heavy atom. The van der Waals surface area contributed by atoms with Gasteiger partial charge in [0.05, 0.1) is 0 Å². The van der Waals surface area contributed by atoms with Gasteiger partial charge in [0, 0.05) is 116 Å². The van der Waals surface area contributed by atoms with Crippen molar-refractivity contribution in [1.82, 2.24) is 0 Å². The van der Waals surface area contributed by atoms with E-state index in [0.717, 1.165) is 187 Å². The summed E-state index contributed by atoms with van der Waals surface area (Å²) < 4.78 is 38.9. The molecule has 0 spiro atoms. The van der Waals surface area contributed by atoms with E-state index in [-0.39, 0.29) is 0 Å². The summed E-state index contributed by atoms with van der Waals surface area (Å²) in [5, 5.41) is 16.9. The summed E-state index contributed by atoms with van der Waals surface area (Å²) in [4.78, 5) is 4.63. The molecule has 0 aliphatic heterocycles. The summed E-state index contributed by atoms with van der Waals surface area (Å²) in [6, 6.07) is 85.1. The molecule has 13 aromatic carbocycles. The zero-order valence-electron chi connectivity index (χ0n) is 43.4. The van der Waals surface area contributed by atoms with Crippen LogP contribution in [0.3, 0.4) is 0 Å². The van der Waals surface area contributed by atoms with Gasteiger partial charge in [-0.25, -0.2) is 0 Å². The second-order valence-electron chi connectivity index (χ2n) is 21.5. The Bertz CT molecular complexity index is 5360. The van der Waals surface area contributed by atoms with Gasteiger partial charge in [0.2, 0.25) is 0 Å². The van der Waals surface area contributed by atoms with Gasteiger partial charge in [-0.15, -0.1) is 0 Å². The Kier molecular flexibility index (Phi) is 8.63. The highest BCUT2D eigenvalue weighted by Crippen LogP contribution is 2.47. The number of hydrogen-bond acceptors (Lipinski definition) is 8. The normalized spacial score (nSPS) is 12.4. The summed E-state index contributed by atoms with van der Waals surface area (Å²) in [6.45, 7) is 0. The molecule has 382 valence electrons. The molecular formula is C74H40N2O6. The van der Waals surface area contributed by atoms with Crippen molar-refractivity contribution in [2.45, 2.75) is 0 Å². The molecule has 0 unspecified atom stereocenters. The van der Waals surface area contributed by atoms with Crippen LogP contribution in [0.4, 0.5) is 34.1 Å². The third-order valence-electron chi connectivity index (χ3n) is 17.0. The average Bonchev–Trinajstić information content (AvgIpc) is 4.47. The molecule has 0 amide bonds. The minimum atomic E-state index is 0.771. The lowest BCUT2D eigenvalue weighted by molar-refractivity contribution is 0.659. The maximum absolute atomic E-state index is 6.89. The molecule has 6 aromatic heterocycles. The fourth-order valence-corrected chi connectivity index (χ4v) is 13.2. The van der Waals surface area contributed by atoms with Crippen molar-refractivity contribution in [3.05, 3.63) is 243 Å². The van der Waals surface area contributed by atoms with Gasteiger partial charge in [0.15, 0.2) is 0 Å². The summed E-state index contributed by atoms with van der Waals surface area (Å²) >= 11 is 0. The molecule has 19 aromatic rings. The van der Waals surface area contributed by atoms with E-state index in [1.54, 1.807) is 0 Å². The Labute approximate surface area is 463 Å². The second-order valence-corrected chi connectivity index (χ2v) is 21.5. The summed E-state index contributed by atoms with van der Waals surface area (Å²) in [7, 11) is 0. The molecule has 0 aliphatic rings. The van der Waals surface area contributed by atoms with Crippen LogP contribution in [0.2, 0.25) is 0 Å². The van der Waals surface area contributed by atoms with E-state index in [4.69, 9.17) is 26.5 Å². The highest BCUT2D eigenvalue weighted by molar-refractivity contribution is 6.22. The lowest BCUT2D eigenvalue weighted by Gasteiger charge is -2.26. The maximum atomic E-state index is 6.89. The van der Waals surface area contributed by atoms with Gasteiger partial charge in [0.1, 0.15) is 67.0 Å². The first-order chi connectivity index (χ1) is 40.6. The molecule has 0 fully saturated rings. The first-order valence-electron chi connectivity index (χ1n) is 27.5. The van der Waals surface area contributed by atoms with Gasteiger partial charge in [0.25, 0.3) is 0 Å².